The maximum atomic E-state index is 12.7. The largest absolute Gasteiger partial charge is 0.244 e. The van der Waals surface area contributed by atoms with Crippen molar-refractivity contribution in [1.82, 2.24) is 8.61 Å². The Morgan fingerprint density at radius 3 is 2.20 bits per heavy atom. The summed E-state index contributed by atoms with van der Waals surface area (Å²) in [5.74, 6) is -0.0219. The summed E-state index contributed by atoms with van der Waals surface area (Å²) in [5.41, 5.74) is 0. The fraction of sp³-hybridized carbons (Fsp3) is 0.533. The fourth-order valence-corrected chi connectivity index (χ4v) is 6.06. The molecule has 0 amide bonds. The average Bonchev–Trinajstić information content (AvgIpc) is 2.59. The van der Waals surface area contributed by atoms with Gasteiger partial charge in [0, 0.05) is 32.6 Å². The van der Waals surface area contributed by atoms with Gasteiger partial charge in [-0.05, 0) is 25.0 Å². The summed E-state index contributed by atoms with van der Waals surface area (Å²) >= 11 is 5.98. The monoisotopic (exact) mass is 405 g/mol. The van der Waals surface area contributed by atoms with E-state index in [9.17, 15) is 16.8 Å². The second-order valence-electron chi connectivity index (χ2n) is 5.66. The molecule has 10 heteroatoms. The van der Waals surface area contributed by atoms with Crippen molar-refractivity contribution in [2.75, 3.05) is 31.9 Å². The number of rotatable bonds is 7. The van der Waals surface area contributed by atoms with Gasteiger partial charge in [-0.25, -0.2) is 16.8 Å². The van der Waals surface area contributed by atoms with E-state index < -0.39 is 20.0 Å². The predicted octanol–water partition coefficient (Wildman–Crippen LogP) is 1.67. The smallest absolute Gasteiger partial charge is 0.212 e. The van der Waals surface area contributed by atoms with E-state index in [2.05, 4.69) is 0 Å². The highest BCUT2D eigenvalue weighted by molar-refractivity contribution is 7.89. The van der Waals surface area contributed by atoms with Gasteiger partial charge in [0.1, 0.15) is 4.90 Å². The summed E-state index contributed by atoms with van der Waals surface area (Å²) in [6.45, 7) is 0.407. The second kappa shape index (κ2) is 8.47. The van der Waals surface area contributed by atoms with Crippen LogP contribution in [0.4, 0.5) is 0 Å². The number of nitrogens with zero attached hydrogens (tertiary/aromatic N) is 3. The van der Waals surface area contributed by atoms with Crippen LogP contribution in [-0.2, 0) is 20.0 Å². The van der Waals surface area contributed by atoms with Crippen LogP contribution in [-0.4, -0.2) is 57.4 Å². The molecule has 0 spiro atoms. The number of piperazine rings is 1. The van der Waals surface area contributed by atoms with Gasteiger partial charge in [0.25, 0.3) is 0 Å². The third-order valence-electron chi connectivity index (χ3n) is 3.99. The van der Waals surface area contributed by atoms with Crippen molar-refractivity contribution in [2.45, 2.75) is 24.2 Å². The predicted molar refractivity (Wildman–Crippen MR) is 95.0 cm³/mol. The summed E-state index contributed by atoms with van der Waals surface area (Å²) < 4.78 is 52.4. The molecule has 0 atom stereocenters. The van der Waals surface area contributed by atoms with Crippen molar-refractivity contribution in [1.29, 1.82) is 5.26 Å². The van der Waals surface area contributed by atoms with Crippen LogP contribution in [0.1, 0.15) is 19.3 Å². The van der Waals surface area contributed by atoms with Crippen molar-refractivity contribution < 1.29 is 16.8 Å². The minimum atomic E-state index is -3.74. The Morgan fingerprint density at radius 2 is 1.60 bits per heavy atom. The van der Waals surface area contributed by atoms with Crippen molar-refractivity contribution in [3.05, 3.63) is 29.3 Å². The molecule has 1 saturated heterocycles. The zero-order chi connectivity index (χ0) is 18.5. The Bertz CT molecular complexity index is 842. The van der Waals surface area contributed by atoms with Crippen LogP contribution in [0.3, 0.4) is 0 Å². The molecular weight excluding hydrogens is 386 g/mol. The molecule has 1 fully saturated rings. The van der Waals surface area contributed by atoms with Gasteiger partial charge in [0.2, 0.25) is 20.0 Å². The number of hydrogen-bond donors (Lipinski definition) is 0. The third-order valence-corrected chi connectivity index (χ3v) is 8.34. The number of nitriles is 1. The average molecular weight is 406 g/mol. The molecule has 1 heterocycles. The molecule has 1 aliphatic rings. The molecule has 0 unspecified atom stereocenters. The van der Waals surface area contributed by atoms with Gasteiger partial charge in [0.15, 0.2) is 0 Å². The van der Waals surface area contributed by atoms with E-state index in [-0.39, 0.29) is 41.8 Å². The van der Waals surface area contributed by atoms with Gasteiger partial charge in [-0.15, -0.1) is 0 Å². The van der Waals surface area contributed by atoms with E-state index in [1.54, 1.807) is 12.1 Å². The Labute approximate surface area is 153 Å². The lowest BCUT2D eigenvalue weighted by atomic mass is 10.3. The lowest BCUT2D eigenvalue weighted by Gasteiger charge is -2.33. The number of halogens is 1. The van der Waals surface area contributed by atoms with Crippen molar-refractivity contribution >= 4 is 31.6 Å². The van der Waals surface area contributed by atoms with Crippen LogP contribution < -0.4 is 0 Å². The molecule has 1 aromatic carbocycles. The van der Waals surface area contributed by atoms with Gasteiger partial charge < -0.3 is 0 Å². The lowest BCUT2D eigenvalue weighted by Crippen LogP contribution is -2.50. The quantitative estimate of drug-likeness (QED) is 0.642. The normalized spacial score (nSPS) is 17.3. The fourth-order valence-electron chi connectivity index (χ4n) is 2.60. The van der Waals surface area contributed by atoms with Crippen LogP contribution in [0.15, 0.2) is 29.2 Å². The molecule has 138 valence electrons. The zero-order valence-corrected chi connectivity index (χ0v) is 16.0. The number of sulfonamides is 2. The summed E-state index contributed by atoms with van der Waals surface area (Å²) in [4.78, 5) is 0.0319. The second-order valence-corrected chi connectivity index (χ2v) is 10.1. The van der Waals surface area contributed by atoms with Crippen molar-refractivity contribution in [2.24, 2.45) is 0 Å². The summed E-state index contributed by atoms with van der Waals surface area (Å²) in [5, 5.41) is 8.63. The van der Waals surface area contributed by atoms with Crippen molar-refractivity contribution in [3.8, 4) is 6.07 Å². The van der Waals surface area contributed by atoms with Crippen LogP contribution in [0.25, 0.3) is 0 Å². The first-order chi connectivity index (χ1) is 11.8. The Hall–Kier alpha value is -1.18. The van der Waals surface area contributed by atoms with E-state index in [0.29, 0.717) is 19.3 Å². The first-order valence-corrected chi connectivity index (χ1v) is 11.3. The molecule has 2 rings (SSSR count). The molecular formula is C15H20ClN3O4S2. The Balaban J connectivity index is 2.00. The first kappa shape index (κ1) is 20.1. The third kappa shape index (κ3) is 4.92. The lowest BCUT2D eigenvalue weighted by molar-refractivity contribution is 0.272. The number of benzene rings is 1. The molecule has 0 aromatic heterocycles. The molecule has 0 saturated carbocycles. The summed E-state index contributed by atoms with van der Waals surface area (Å²) in [6, 6.07) is 8.18. The van der Waals surface area contributed by atoms with E-state index in [1.165, 1.54) is 20.7 Å². The molecule has 0 bridgehead atoms. The SMILES string of the molecule is N#CCCCCS(=O)(=O)N1CCN(S(=O)(=O)c2ccccc2Cl)CC1. The van der Waals surface area contributed by atoms with Gasteiger partial charge >= 0.3 is 0 Å². The maximum absolute atomic E-state index is 12.7. The van der Waals surface area contributed by atoms with Gasteiger partial charge in [0.05, 0.1) is 16.8 Å². The van der Waals surface area contributed by atoms with Crippen LogP contribution >= 0.6 is 11.6 Å². The topological polar surface area (TPSA) is 98.5 Å². The van der Waals surface area contributed by atoms with Gasteiger partial charge in [-0.2, -0.15) is 13.9 Å². The molecule has 1 aromatic rings. The van der Waals surface area contributed by atoms with E-state index in [4.69, 9.17) is 16.9 Å². The molecule has 0 radical (unpaired) electrons. The maximum Gasteiger partial charge on any atom is 0.244 e. The van der Waals surface area contributed by atoms with E-state index >= 15 is 0 Å². The van der Waals surface area contributed by atoms with Crippen LogP contribution in [0.5, 0.6) is 0 Å². The highest BCUT2D eigenvalue weighted by Crippen LogP contribution is 2.25. The molecule has 25 heavy (non-hydrogen) atoms. The standard InChI is InChI=1S/C15H20ClN3O4S2/c16-14-6-2-3-7-15(14)25(22,23)19-11-9-18(10-12-19)24(20,21)13-5-1-4-8-17/h2-3,6-7H,1,4-5,9-13H2. The molecule has 0 aliphatic carbocycles. The molecule has 1 aliphatic heterocycles. The van der Waals surface area contributed by atoms with E-state index in [1.807, 2.05) is 6.07 Å². The van der Waals surface area contributed by atoms with Crippen LogP contribution in [0.2, 0.25) is 5.02 Å². The molecule has 0 N–H and O–H groups in total. The molecule has 7 nitrogen and oxygen atoms in total. The van der Waals surface area contributed by atoms with Crippen molar-refractivity contribution in [3.63, 3.8) is 0 Å². The van der Waals surface area contributed by atoms with E-state index in [0.717, 1.165) is 0 Å². The zero-order valence-electron chi connectivity index (χ0n) is 13.6. The Morgan fingerprint density at radius 1 is 1.00 bits per heavy atom. The minimum absolute atomic E-state index is 0.0219. The Kier molecular flexibility index (Phi) is 6.82. The summed E-state index contributed by atoms with van der Waals surface area (Å²) in [7, 11) is -7.17. The number of unbranched alkanes of at least 4 members (excludes halogenated alkanes) is 2. The van der Waals surface area contributed by atoms with Gasteiger partial charge in [-0.1, -0.05) is 23.7 Å². The highest BCUT2D eigenvalue weighted by atomic mass is 35.5. The van der Waals surface area contributed by atoms with Crippen LogP contribution in [0, 0.1) is 11.3 Å². The first-order valence-electron chi connectivity index (χ1n) is 7.88. The minimum Gasteiger partial charge on any atom is -0.212 e. The highest BCUT2D eigenvalue weighted by Gasteiger charge is 2.33. The van der Waals surface area contributed by atoms with Gasteiger partial charge in [-0.3, -0.25) is 0 Å². The number of hydrogen-bond acceptors (Lipinski definition) is 5. The summed E-state index contributed by atoms with van der Waals surface area (Å²) in [6.07, 6.45) is 1.30.